The fourth-order valence-corrected chi connectivity index (χ4v) is 3.24. The number of nitrogens with one attached hydrogen (secondary N) is 3. The molecule has 2 aromatic rings. The Labute approximate surface area is 142 Å². The second kappa shape index (κ2) is 7.83. The van der Waals surface area contributed by atoms with Crippen LogP contribution in [0.25, 0.3) is 0 Å². The molecule has 6 nitrogen and oxygen atoms in total. The second-order valence-electron chi connectivity index (χ2n) is 5.28. The monoisotopic (exact) mass is 347 g/mol. The lowest BCUT2D eigenvalue weighted by Gasteiger charge is -2.10. The lowest BCUT2D eigenvalue weighted by Crippen LogP contribution is -2.24. The van der Waals surface area contributed by atoms with E-state index in [1.807, 2.05) is 12.1 Å². The SMILES string of the molecule is CCCc1ccc(S(=O)(=O)Nc2cccc(NC(=O)NC)c2)cc1. The predicted molar refractivity (Wildman–Crippen MR) is 95.8 cm³/mol. The van der Waals surface area contributed by atoms with Gasteiger partial charge >= 0.3 is 6.03 Å². The number of urea groups is 1. The van der Waals surface area contributed by atoms with Crippen LogP contribution in [0.2, 0.25) is 0 Å². The van der Waals surface area contributed by atoms with Crippen LogP contribution in [0.5, 0.6) is 0 Å². The molecule has 24 heavy (non-hydrogen) atoms. The first-order chi connectivity index (χ1) is 11.4. The van der Waals surface area contributed by atoms with Gasteiger partial charge in [-0.15, -0.1) is 0 Å². The van der Waals surface area contributed by atoms with Gasteiger partial charge in [-0.1, -0.05) is 31.5 Å². The van der Waals surface area contributed by atoms with Crippen LogP contribution in [0.4, 0.5) is 16.2 Å². The minimum atomic E-state index is -3.67. The number of hydrogen-bond acceptors (Lipinski definition) is 3. The van der Waals surface area contributed by atoms with Crippen molar-refractivity contribution in [2.24, 2.45) is 0 Å². The molecular formula is C17H21N3O3S. The van der Waals surface area contributed by atoms with Crippen molar-refractivity contribution in [3.05, 3.63) is 54.1 Å². The van der Waals surface area contributed by atoms with Crippen molar-refractivity contribution in [2.45, 2.75) is 24.7 Å². The summed E-state index contributed by atoms with van der Waals surface area (Å²) in [5, 5.41) is 5.03. The number of carbonyl (C=O) groups is 1. The van der Waals surface area contributed by atoms with Gasteiger partial charge < -0.3 is 10.6 Å². The molecule has 2 aromatic carbocycles. The summed E-state index contributed by atoms with van der Waals surface area (Å²) in [6, 6.07) is 13.0. The molecule has 7 heteroatoms. The highest BCUT2D eigenvalue weighted by molar-refractivity contribution is 7.92. The first kappa shape index (κ1) is 17.8. The average molecular weight is 347 g/mol. The molecule has 128 valence electrons. The van der Waals surface area contributed by atoms with E-state index in [2.05, 4.69) is 22.3 Å². The van der Waals surface area contributed by atoms with E-state index >= 15 is 0 Å². The van der Waals surface area contributed by atoms with Crippen LogP contribution >= 0.6 is 0 Å². The van der Waals surface area contributed by atoms with Gasteiger partial charge in [-0.25, -0.2) is 13.2 Å². The Morgan fingerprint density at radius 2 is 1.71 bits per heavy atom. The number of hydrogen-bond donors (Lipinski definition) is 3. The maximum Gasteiger partial charge on any atom is 0.318 e. The van der Waals surface area contributed by atoms with Gasteiger partial charge in [-0.2, -0.15) is 0 Å². The summed E-state index contributed by atoms with van der Waals surface area (Å²) >= 11 is 0. The largest absolute Gasteiger partial charge is 0.341 e. The van der Waals surface area contributed by atoms with Crippen molar-refractivity contribution in [2.75, 3.05) is 17.1 Å². The highest BCUT2D eigenvalue weighted by Crippen LogP contribution is 2.20. The first-order valence-corrected chi connectivity index (χ1v) is 9.13. The van der Waals surface area contributed by atoms with Gasteiger partial charge in [0.05, 0.1) is 10.6 Å². The molecule has 0 aliphatic heterocycles. The molecule has 0 aromatic heterocycles. The third-order valence-electron chi connectivity index (χ3n) is 3.37. The molecule has 3 N–H and O–H groups in total. The van der Waals surface area contributed by atoms with Crippen LogP contribution in [0.1, 0.15) is 18.9 Å². The molecule has 0 radical (unpaired) electrons. The number of anilines is 2. The Balaban J connectivity index is 2.16. The number of amides is 2. The van der Waals surface area contributed by atoms with Crippen molar-refractivity contribution >= 4 is 27.4 Å². The van der Waals surface area contributed by atoms with Gasteiger partial charge in [0.1, 0.15) is 0 Å². The van der Waals surface area contributed by atoms with E-state index in [0.717, 1.165) is 18.4 Å². The van der Waals surface area contributed by atoms with E-state index < -0.39 is 10.0 Å². The van der Waals surface area contributed by atoms with Gasteiger partial charge in [0, 0.05) is 12.7 Å². The maximum absolute atomic E-state index is 12.4. The Bertz CT molecular complexity index is 802. The summed E-state index contributed by atoms with van der Waals surface area (Å²) in [5.41, 5.74) is 1.97. The maximum atomic E-state index is 12.4. The smallest absolute Gasteiger partial charge is 0.318 e. The molecule has 0 unspecified atom stereocenters. The van der Waals surface area contributed by atoms with Crippen molar-refractivity contribution in [1.29, 1.82) is 0 Å². The molecule has 0 atom stereocenters. The lowest BCUT2D eigenvalue weighted by atomic mass is 10.1. The standard InChI is InChI=1S/C17H21N3O3S/c1-3-5-13-8-10-16(11-9-13)24(22,23)20-15-7-4-6-14(12-15)19-17(21)18-2/h4,6-12,20H,3,5H2,1-2H3,(H2,18,19,21). The Kier molecular flexibility index (Phi) is 5.81. The van der Waals surface area contributed by atoms with Crippen molar-refractivity contribution < 1.29 is 13.2 Å². The normalized spacial score (nSPS) is 10.9. The third-order valence-corrected chi connectivity index (χ3v) is 4.77. The van der Waals surface area contributed by atoms with E-state index in [9.17, 15) is 13.2 Å². The molecule has 0 spiro atoms. The third kappa shape index (κ3) is 4.73. The Hall–Kier alpha value is -2.54. The van der Waals surface area contributed by atoms with Crippen LogP contribution in [-0.2, 0) is 16.4 Å². The van der Waals surface area contributed by atoms with Crippen LogP contribution in [0.3, 0.4) is 0 Å². The fraction of sp³-hybridized carbons (Fsp3) is 0.235. The lowest BCUT2D eigenvalue weighted by molar-refractivity contribution is 0.254. The molecule has 0 saturated carbocycles. The molecule has 2 rings (SSSR count). The summed E-state index contributed by atoms with van der Waals surface area (Å²) in [4.78, 5) is 11.5. The number of benzene rings is 2. The van der Waals surface area contributed by atoms with Crippen LogP contribution in [0.15, 0.2) is 53.4 Å². The summed E-state index contributed by atoms with van der Waals surface area (Å²) in [5.74, 6) is 0. The van der Waals surface area contributed by atoms with Gasteiger partial charge in [-0.05, 0) is 42.3 Å². The van der Waals surface area contributed by atoms with Crippen LogP contribution < -0.4 is 15.4 Å². The minimum Gasteiger partial charge on any atom is -0.341 e. The molecule has 2 amide bonds. The highest BCUT2D eigenvalue weighted by atomic mass is 32.2. The number of sulfonamides is 1. The molecule has 0 bridgehead atoms. The van der Waals surface area contributed by atoms with Gasteiger partial charge in [0.2, 0.25) is 0 Å². The van der Waals surface area contributed by atoms with Gasteiger partial charge in [0.25, 0.3) is 10.0 Å². The summed E-state index contributed by atoms with van der Waals surface area (Å²) < 4.78 is 27.4. The summed E-state index contributed by atoms with van der Waals surface area (Å²) in [6.45, 7) is 2.08. The predicted octanol–water partition coefficient (Wildman–Crippen LogP) is 3.19. The van der Waals surface area contributed by atoms with E-state index in [-0.39, 0.29) is 10.9 Å². The Morgan fingerprint density at radius 1 is 1.04 bits per heavy atom. The van der Waals surface area contributed by atoms with Crippen molar-refractivity contribution in [1.82, 2.24) is 5.32 Å². The van der Waals surface area contributed by atoms with Gasteiger partial charge in [-0.3, -0.25) is 4.72 Å². The summed E-state index contributed by atoms with van der Waals surface area (Å²) in [6.07, 6.45) is 1.93. The van der Waals surface area contributed by atoms with Gasteiger partial charge in [0.15, 0.2) is 0 Å². The number of aryl methyl sites for hydroxylation is 1. The highest BCUT2D eigenvalue weighted by Gasteiger charge is 2.14. The van der Waals surface area contributed by atoms with Crippen molar-refractivity contribution in [3.63, 3.8) is 0 Å². The second-order valence-corrected chi connectivity index (χ2v) is 6.97. The summed E-state index contributed by atoms with van der Waals surface area (Å²) in [7, 11) is -2.17. The van der Waals surface area contributed by atoms with Crippen LogP contribution in [0, 0.1) is 0 Å². The molecule has 0 fully saturated rings. The molecular weight excluding hydrogens is 326 g/mol. The molecule has 0 aliphatic carbocycles. The zero-order chi connectivity index (χ0) is 17.6. The zero-order valence-corrected chi connectivity index (χ0v) is 14.5. The zero-order valence-electron chi connectivity index (χ0n) is 13.7. The minimum absolute atomic E-state index is 0.201. The average Bonchev–Trinajstić information content (AvgIpc) is 2.55. The molecule has 0 saturated heterocycles. The Morgan fingerprint density at radius 3 is 2.33 bits per heavy atom. The van der Waals surface area contributed by atoms with Crippen molar-refractivity contribution in [3.8, 4) is 0 Å². The molecule has 0 heterocycles. The number of rotatable bonds is 6. The first-order valence-electron chi connectivity index (χ1n) is 7.65. The quantitative estimate of drug-likeness (QED) is 0.750. The van der Waals surface area contributed by atoms with E-state index in [4.69, 9.17) is 0 Å². The van der Waals surface area contributed by atoms with E-state index in [1.54, 1.807) is 36.4 Å². The van der Waals surface area contributed by atoms with E-state index in [1.165, 1.54) is 7.05 Å². The topological polar surface area (TPSA) is 87.3 Å². The van der Waals surface area contributed by atoms with E-state index in [0.29, 0.717) is 11.4 Å². The van der Waals surface area contributed by atoms with Crippen LogP contribution in [-0.4, -0.2) is 21.5 Å². The number of carbonyl (C=O) groups excluding carboxylic acids is 1. The molecule has 0 aliphatic rings. The fourth-order valence-electron chi connectivity index (χ4n) is 2.19.